The van der Waals surface area contributed by atoms with E-state index in [0.717, 1.165) is 0 Å². The maximum Gasteiger partial charge on any atom is 0.306 e. The predicted octanol–water partition coefficient (Wildman–Crippen LogP) is -4.65. The fourth-order valence-corrected chi connectivity index (χ4v) is 3.70. The van der Waals surface area contributed by atoms with Crippen molar-refractivity contribution in [2.75, 3.05) is 13.2 Å². The molecule has 6 aliphatic heterocycles. The second-order valence-electron chi connectivity index (χ2n) is 8.37. The molecule has 6 rings (SSSR count). The van der Waals surface area contributed by atoms with E-state index in [2.05, 4.69) is 0 Å². The van der Waals surface area contributed by atoms with E-state index in [1.54, 1.807) is 0 Å². The van der Waals surface area contributed by atoms with E-state index in [0.29, 0.717) is 0 Å². The Morgan fingerprint density at radius 3 is 1.19 bits per heavy atom. The molecule has 204 valence electrons. The molecule has 16 heteroatoms. The fourth-order valence-electron chi connectivity index (χ4n) is 3.70. The van der Waals surface area contributed by atoms with Crippen molar-refractivity contribution in [3.8, 4) is 0 Å². The van der Waals surface area contributed by atoms with E-state index < -0.39 is 124 Å². The van der Waals surface area contributed by atoms with Gasteiger partial charge < -0.3 is 59.1 Å². The third-order valence-electron chi connectivity index (χ3n) is 5.74. The lowest BCUT2D eigenvalue weighted by atomic mass is 9.99. The number of aliphatic hydroxyl groups is 6. The molecule has 0 radical (unpaired) electrons. The molecule has 6 saturated heterocycles. The van der Waals surface area contributed by atoms with Gasteiger partial charge in [-0.3, -0.25) is 19.2 Å². The van der Waals surface area contributed by atoms with Gasteiger partial charge in [0, 0.05) is 0 Å². The lowest BCUT2D eigenvalue weighted by Crippen LogP contribution is -2.60. The molecule has 16 nitrogen and oxygen atoms in total. The van der Waals surface area contributed by atoms with Gasteiger partial charge in [-0.1, -0.05) is 0 Å². The minimum Gasteiger partial charge on any atom is -0.463 e. The summed E-state index contributed by atoms with van der Waals surface area (Å²) in [6.45, 7) is -1.28. The molecule has 0 amide bonds. The highest BCUT2D eigenvalue weighted by Gasteiger charge is 2.48. The van der Waals surface area contributed by atoms with Crippen molar-refractivity contribution in [3.63, 3.8) is 0 Å². The second-order valence-corrected chi connectivity index (χ2v) is 8.37. The van der Waals surface area contributed by atoms with Gasteiger partial charge >= 0.3 is 23.9 Å². The highest BCUT2D eigenvalue weighted by atomic mass is 16.7. The third kappa shape index (κ3) is 6.86. The fraction of sp³-hybridized carbons (Fsp3) is 0.800. The Balaban J connectivity index is 1.71. The number of carbonyl (C=O) groups is 4. The first-order chi connectivity index (χ1) is 17.0. The van der Waals surface area contributed by atoms with Gasteiger partial charge in [-0.05, 0) is 0 Å². The number of hydrogen-bond donors (Lipinski definition) is 6. The Morgan fingerprint density at radius 1 is 0.500 bits per heavy atom. The Bertz CT molecular complexity index is 752. The van der Waals surface area contributed by atoms with E-state index >= 15 is 0 Å². The van der Waals surface area contributed by atoms with Gasteiger partial charge in [0.25, 0.3) is 0 Å². The van der Waals surface area contributed by atoms with Crippen molar-refractivity contribution in [2.45, 2.75) is 87.1 Å². The SMILES string of the molecule is O=C1CCC(=O)O[C@@H]2[C@@H](O)[C@H](O)[C@@H](COC(=O)CCC(=O)O[C@@H]3[C@@H](O)[C@H](O)[C@@H](CO1)O[C@@H]3O)O[C@@H]2O. The topological polar surface area (TPSA) is 245 Å². The van der Waals surface area contributed by atoms with Crippen molar-refractivity contribution in [1.82, 2.24) is 0 Å². The van der Waals surface area contributed by atoms with Gasteiger partial charge in [0.05, 0.1) is 25.7 Å². The standard InChI is InChI=1S/C20H28O16/c21-9-1-3-11(23)35-17-15(27)14(26)8(34-19(17)29)6-32-10(22)2-4-12(24)36-18-16(28)13(25)7(5-31-9)33-20(18)30/h7-8,13-20,25-30H,1-6H2/t7-,8-,13-,14-,15+,16+,17-,18-,19+,20+/m1/s1. The maximum atomic E-state index is 12.1. The Kier molecular flexibility index (Phi) is 9.53. The number of aliphatic hydroxyl groups excluding tert-OH is 6. The van der Waals surface area contributed by atoms with Crippen LogP contribution >= 0.6 is 0 Å². The van der Waals surface area contributed by atoms with Crippen LogP contribution < -0.4 is 0 Å². The average molecular weight is 524 g/mol. The second kappa shape index (κ2) is 12.2. The van der Waals surface area contributed by atoms with Gasteiger partial charge in [-0.15, -0.1) is 0 Å². The van der Waals surface area contributed by atoms with Crippen LogP contribution in [0.25, 0.3) is 0 Å². The first-order valence-corrected chi connectivity index (χ1v) is 11.1. The lowest BCUT2D eigenvalue weighted by molar-refractivity contribution is -0.292. The molecule has 0 spiro atoms. The van der Waals surface area contributed by atoms with E-state index in [1.807, 2.05) is 0 Å². The molecule has 0 aromatic rings. The van der Waals surface area contributed by atoms with Crippen LogP contribution in [0.4, 0.5) is 0 Å². The van der Waals surface area contributed by atoms with Crippen molar-refractivity contribution in [3.05, 3.63) is 0 Å². The largest absolute Gasteiger partial charge is 0.463 e. The summed E-state index contributed by atoms with van der Waals surface area (Å²) in [6, 6.07) is 0. The third-order valence-corrected chi connectivity index (χ3v) is 5.74. The van der Waals surface area contributed by atoms with Crippen molar-refractivity contribution >= 4 is 23.9 Å². The minimum atomic E-state index is -1.90. The van der Waals surface area contributed by atoms with Gasteiger partial charge in [-0.25, -0.2) is 0 Å². The normalized spacial score (nSPS) is 41.8. The number of rotatable bonds is 0. The van der Waals surface area contributed by atoms with Gasteiger partial charge in [0.15, 0.2) is 24.8 Å². The molecule has 6 heterocycles. The van der Waals surface area contributed by atoms with E-state index in [9.17, 15) is 49.8 Å². The highest BCUT2D eigenvalue weighted by Crippen LogP contribution is 2.25. The molecule has 0 aliphatic carbocycles. The summed E-state index contributed by atoms with van der Waals surface area (Å²) in [5, 5.41) is 61.0. The van der Waals surface area contributed by atoms with Crippen molar-refractivity contribution in [2.24, 2.45) is 0 Å². The smallest absolute Gasteiger partial charge is 0.306 e. The van der Waals surface area contributed by atoms with Crippen LogP contribution in [0.1, 0.15) is 25.7 Å². The van der Waals surface area contributed by atoms with E-state index in [4.69, 9.17) is 28.4 Å². The van der Waals surface area contributed by atoms with Crippen LogP contribution in [0, 0.1) is 0 Å². The summed E-state index contributed by atoms with van der Waals surface area (Å²) in [5.74, 6) is -4.01. The molecule has 36 heavy (non-hydrogen) atoms. The molecule has 4 bridgehead atoms. The van der Waals surface area contributed by atoms with Gasteiger partial charge in [-0.2, -0.15) is 0 Å². The maximum absolute atomic E-state index is 12.1. The molecule has 6 aliphatic rings. The molecule has 0 unspecified atom stereocenters. The van der Waals surface area contributed by atoms with Crippen LogP contribution in [0.3, 0.4) is 0 Å². The Labute approximate surface area is 203 Å². The summed E-state index contributed by atoms with van der Waals surface area (Å²) in [4.78, 5) is 48.1. The molecular weight excluding hydrogens is 496 g/mol. The molecular formula is C20H28O16. The summed E-state index contributed by atoms with van der Waals surface area (Å²) in [6.07, 6.45) is -19.4. The van der Waals surface area contributed by atoms with Crippen LogP contribution in [0.2, 0.25) is 0 Å². The average Bonchev–Trinajstić information content (AvgIpc) is 2.84. The first kappa shape index (κ1) is 28.1. The summed E-state index contributed by atoms with van der Waals surface area (Å²) < 4.78 is 29.7. The van der Waals surface area contributed by atoms with E-state index in [-0.39, 0.29) is 0 Å². The first-order valence-electron chi connectivity index (χ1n) is 11.1. The summed E-state index contributed by atoms with van der Waals surface area (Å²) in [5.41, 5.74) is 0. The van der Waals surface area contributed by atoms with E-state index in [1.165, 1.54) is 0 Å². The van der Waals surface area contributed by atoms with Gasteiger partial charge in [0.1, 0.15) is 49.8 Å². The zero-order valence-corrected chi connectivity index (χ0v) is 18.8. The number of hydrogen-bond acceptors (Lipinski definition) is 16. The van der Waals surface area contributed by atoms with Crippen LogP contribution in [0.5, 0.6) is 0 Å². The molecule has 6 N–H and O–H groups in total. The van der Waals surface area contributed by atoms with Crippen molar-refractivity contribution < 1.29 is 78.2 Å². The summed E-state index contributed by atoms with van der Waals surface area (Å²) in [7, 11) is 0. The number of carbonyl (C=O) groups excluding carboxylic acids is 4. The Hall–Kier alpha value is -2.44. The quantitative estimate of drug-likeness (QED) is 0.129. The van der Waals surface area contributed by atoms with Crippen LogP contribution in [0.15, 0.2) is 0 Å². The summed E-state index contributed by atoms with van der Waals surface area (Å²) >= 11 is 0. The van der Waals surface area contributed by atoms with Crippen molar-refractivity contribution in [1.29, 1.82) is 0 Å². The zero-order valence-electron chi connectivity index (χ0n) is 18.8. The number of ether oxygens (including phenoxy) is 6. The van der Waals surface area contributed by atoms with Crippen LogP contribution in [-0.4, -0.2) is 129 Å². The zero-order chi connectivity index (χ0) is 26.6. The Morgan fingerprint density at radius 2 is 0.833 bits per heavy atom. The molecule has 0 aromatic carbocycles. The van der Waals surface area contributed by atoms with Crippen LogP contribution in [-0.2, 0) is 47.6 Å². The van der Waals surface area contributed by atoms with Gasteiger partial charge in [0.2, 0.25) is 0 Å². The molecule has 10 atom stereocenters. The number of esters is 4. The predicted molar refractivity (Wildman–Crippen MR) is 106 cm³/mol. The molecule has 6 fully saturated rings. The lowest BCUT2D eigenvalue weighted by Gasteiger charge is -2.40. The highest BCUT2D eigenvalue weighted by molar-refractivity contribution is 5.78. The minimum absolute atomic E-state index is 0.534. The monoisotopic (exact) mass is 524 g/mol. The molecule has 0 saturated carbocycles. The molecule has 0 aromatic heterocycles.